The molecule has 1 fully saturated rings. The molecule has 2 heterocycles. The fourth-order valence-corrected chi connectivity index (χ4v) is 3.88. The topological polar surface area (TPSA) is 49.3 Å². The monoisotopic (exact) mass is 243 g/mol. The van der Waals surface area contributed by atoms with Gasteiger partial charge in [-0.15, -0.1) is 11.3 Å². The molecule has 15 heavy (non-hydrogen) atoms. The number of thioether (sulfide) groups is 1. The van der Waals surface area contributed by atoms with Crippen LogP contribution in [0.4, 0.5) is 0 Å². The summed E-state index contributed by atoms with van der Waals surface area (Å²) in [4.78, 5) is 12.2. The summed E-state index contributed by atoms with van der Waals surface area (Å²) in [5.74, 6) is 0.878. The van der Waals surface area contributed by atoms with Crippen LogP contribution in [0, 0.1) is 6.92 Å². The van der Waals surface area contributed by atoms with Gasteiger partial charge in [0.25, 0.3) is 0 Å². The van der Waals surface area contributed by atoms with Crippen LogP contribution in [0.25, 0.3) is 0 Å². The van der Waals surface area contributed by atoms with Crippen LogP contribution >= 0.6 is 23.1 Å². The molecular weight excluding hydrogens is 230 g/mol. The van der Waals surface area contributed by atoms with Crippen LogP contribution in [0.15, 0.2) is 11.4 Å². The fourth-order valence-electron chi connectivity index (χ4n) is 1.68. The smallest absolute Gasteiger partial charge is 0.321 e. The molecule has 0 aliphatic carbocycles. The van der Waals surface area contributed by atoms with Gasteiger partial charge in [-0.3, -0.25) is 10.1 Å². The van der Waals surface area contributed by atoms with Gasteiger partial charge in [-0.05, 0) is 23.9 Å². The van der Waals surface area contributed by atoms with Crippen molar-refractivity contribution in [1.82, 2.24) is 5.32 Å². The number of carboxylic acid groups (broad SMARTS) is 1. The Morgan fingerprint density at radius 3 is 3.00 bits per heavy atom. The summed E-state index contributed by atoms with van der Waals surface area (Å²) < 4.78 is 0. The third kappa shape index (κ3) is 2.35. The van der Waals surface area contributed by atoms with Crippen LogP contribution in [0.2, 0.25) is 0 Å². The van der Waals surface area contributed by atoms with Crippen molar-refractivity contribution in [2.24, 2.45) is 0 Å². The molecule has 0 saturated carbocycles. The van der Waals surface area contributed by atoms with Crippen molar-refractivity contribution < 1.29 is 9.90 Å². The Bertz CT molecular complexity index is 364. The van der Waals surface area contributed by atoms with Gasteiger partial charge in [-0.1, -0.05) is 0 Å². The van der Waals surface area contributed by atoms with Crippen molar-refractivity contribution in [1.29, 1.82) is 0 Å². The van der Waals surface area contributed by atoms with Crippen molar-refractivity contribution in [3.05, 3.63) is 21.9 Å². The first-order chi connectivity index (χ1) is 7.18. The second kappa shape index (κ2) is 4.55. The van der Waals surface area contributed by atoms with Gasteiger partial charge in [0.2, 0.25) is 0 Å². The fraction of sp³-hybridized carbons (Fsp3) is 0.500. The molecule has 1 aromatic rings. The summed E-state index contributed by atoms with van der Waals surface area (Å²) in [6.07, 6.45) is 0. The maximum atomic E-state index is 10.9. The Kier molecular flexibility index (Phi) is 3.33. The lowest BCUT2D eigenvalue weighted by molar-refractivity contribution is -0.139. The predicted octanol–water partition coefficient (Wildman–Crippen LogP) is 1.89. The minimum absolute atomic E-state index is 0.199. The van der Waals surface area contributed by atoms with Gasteiger partial charge in [0.15, 0.2) is 0 Å². The molecule has 2 N–H and O–H groups in total. The van der Waals surface area contributed by atoms with Crippen LogP contribution in [0.5, 0.6) is 0 Å². The van der Waals surface area contributed by atoms with Crippen molar-refractivity contribution in [3.63, 3.8) is 0 Å². The molecule has 2 atom stereocenters. The van der Waals surface area contributed by atoms with E-state index in [4.69, 9.17) is 5.11 Å². The van der Waals surface area contributed by atoms with Gasteiger partial charge in [0.05, 0.1) is 6.04 Å². The number of hydrogen-bond donors (Lipinski definition) is 2. The first kappa shape index (κ1) is 11.0. The summed E-state index contributed by atoms with van der Waals surface area (Å²) in [5.41, 5.74) is 1.25. The van der Waals surface area contributed by atoms with E-state index < -0.39 is 12.0 Å². The van der Waals surface area contributed by atoms with E-state index in [2.05, 4.69) is 23.7 Å². The summed E-state index contributed by atoms with van der Waals surface area (Å²) in [5, 5.41) is 14.2. The number of aryl methyl sites for hydroxylation is 1. The van der Waals surface area contributed by atoms with Gasteiger partial charge >= 0.3 is 5.97 Å². The number of thiophene rings is 1. The molecule has 1 aliphatic heterocycles. The highest BCUT2D eigenvalue weighted by Crippen LogP contribution is 2.30. The van der Waals surface area contributed by atoms with Gasteiger partial charge in [0, 0.05) is 16.4 Å². The van der Waals surface area contributed by atoms with Crippen LogP contribution in [-0.2, 0) is 4.79 Å². The van der Waals surface area contributed by atoms with E-state index in [1.165, 1.54) is 10.4 Å². The number of rotatable bonds is 2. The number of hydrogen-bond acceptors (Lipinski definition) is 4. The van der Waals surface area contributed by atoms with Gasteiger partial charge in [-0.2, -0.15) is 11.8 Å². The lowest BCUT2D eigenvalue weighted by Crippen LogP contribution is -2.45. The van der Waals surface area contributed by atoms with E-state index in [0.717, 1.165) is 5.75 Å². The molecule has 0 amide bonds. The predicted molar refractivity (Wildman–Crippen MR) is 63.7 cm³/mol. The zero-order valence-electron chi connectivity index (χ0n) is 8.40. The second-order valence-electron chi connectivity index (χ2n) is 3.62. The van der Waals surface area contributed by atoms with E-state index >= 15 is 0 Å². The van der Waals surface area contributed by atoms with Crippen molar-refractivity contribution in [2.45, 2.75) is 19.0 Å². The number of aliphatic carboxylic acids is 1. The molecular formula is C10H13NO2S2. The molecule has 2 rings (SSSR count). The average Bonchev–Trinajstić information content (AvgIpc) is 2.64. The maximum absolute atomic E-state index is 10.9. The Balaban J connectivity index is 2.11. The van der Waals surface area contributed by atoms with E-state index in [1.54, 1.807) is 23.1 Å². The van der Waals surface area contributed by atoms with E-state index in [1.807, 2.05) is 0 Å². The number of carbonyl (C=O) groups is 1. The summed E-state index contributed by atoms with van der Waals surface area (Å²) in [7, 11) is 0. The summed E-state index contributed by atoms with van der Waals surface area (Å²) >= 11 is 3.41. The molecule has 0 spiro atoms. The van der Waals surface area contributed by atoms with Crippen molar-refractivity contribution >= 4 is 29.1 Å². The van der Waals surface area contributed by atoms with Crippen molar-refractivity contribution in [2.75, 3.05) is 11.5 Å². The van der Waals surface area contributed by atoms with E-state index in [-0.39, 0.29) is 6.04 Å². The largest absolute Gasteiger partial charge is 0.480 e. The molecule has 82 valence electrons. The van der Waals surface area contributed by atoms with Crippen LogP contribution in [-0.4, -0.2) is 28.6 Å². The highest BCUT2D eigenvalue weighted by Gasteiger charge is 2.28. The lowest BCUT2D eigenvalue weighted by Gasteiger charge is -2.28. The molecule has 1 saturated heterocycles. The van der Waals surface area contributed by atoms with Gasteiger partial charge in [-0.25, -0.2) is 0 Å². The molecule has 0 bridgehead atoms. The minimum atomic E-state index is -0.749. The quantitative estimate of drug-likeness (QED) is 0.833. The number of nitrogens with one attached hydrogen (secondary N) is 1. The first-order valence-electron chi connectivity index (χ1n) is 4.79. The molecule has 5 heteroatoms. The highest BCUT2D eigenvalue weighted by molar-refractivity contribution is 7.99. The molecule has 3 nitrogen and oxygen atoms in total. The molecule has 1 aromatic heterocycles. The molecule has 0 radical (unpaired) electrons. The lowest BCUT2D eigenvalue weighted by atomic mass is 10.1. The Morgan fingerprint density at radius 2 is 2.40 bits per heavy atom. The Morgan fingerprint density at radius 1 is 1.60 bits per heavy atom. The average molecular weight is 243 g/mol. The highest BCUT2D eigenvalue weighted by atomic mass is 32.2. The zero-order chi connectivity index (χ0) is 10.8. The zero-order valence-corrected chi connectivity index (χ0v) is 10.0. The van der Waals surface area contributed by atoms with Crippen LogP contribution < -0.4 is 5.32 Å². The SMILES string of the molecule is Cc1ccsc1C1CSCC(C(=O)O)N1. The second-order valence-corrected chi connectivity index (χ2v) is 5.64. The molecule has 2 unspecified atom stereocenters. The third-order valence-corrected chi connectivity index (χ3v) is 4.76. The number of carboxylic acids is 1. The summed E-state index contributed by atoms with van der Waals surface area (Å²) in [6, 6.07) is 1.87. The van der Waals surface area contributed by atoms with Gasteiger partial charge in [0.1, 0.15) is 6.04 Å². The van der Waals surface area contributed by atoms with Gasteiger partial charge < -0.3 is 5.11 Å². The minimum Gasteiger partial charge on any atom is -0.480 e. The van der Waals surface area contributed by atoms with Crippen LogP contribution in [0.1, 0.15) is 16.5 Å². The maximum Gasteiger partial charge on any atom is 0.321 e. The first-order valence-corrected chi connectivity index (χ1v) is 6.82. The Labute approximate surface area is 96.9 Å². The normalized spacial score (nSPS) is 26.5. The Hall–Kier alpha value is -0.520. The third-order valence-electron chi connectivity index (χ3n) is 2.49. The molecule has 1 aliphatic rings. The van der Waals surface area contributed by atoms with Crippen LogP contribution in [0.3, 0.4) is 0 Å². The van der Waals surface area contributed by atoms with E-state index in [9.17, 15) is 4.79 Å². The van der Waals surface area contributed by atoms with Crippen molar-refractivity contribution in [3.8, 4) is 0 Å². The standard InChI is InChI=1S/C10H13NO2S2/c1-6-2-3-15-9(6)7-4-14-5-8(11-7)10(12)13/h2-3,7-8,11H,4-5H2,1H3,(H,12,13). The summed E-state index contributed by atoms with van der Waals surface area (Å²) in [6.45, 7) is 2.07. The molecule has 0 aromatic carbocycles. The van der Waals surface area contributed by atoms with E-state index in [0.29, 0.717) is 5.75 Å².